The van der Waals surface area contributed by atoms with Gasteiger partial charge in [0.15, 0.2) is 5.65 Å². The van der Waals surface area contributed by atoms with Gasteiger partial charge in [0.1, 0.15) is 5.56 Å². The molecule has 1 amide bonds. The zero-order valence-electron chi connectivity index (χ0n) is 18.2. The maximum atomic E-state index is 13.4. The third-order valence-corrected chi connectivity index (χ3v) is 5.72. The molecule has 0 N–H and O–H groups in total. The highest BCUT2D eigenvalue weighted by atomic mass is 35.5. The second-order valence-electron chi connectivity index (χ2n) is 7.80. The van der Waals surface area contributed by atoms with Gasteiger partial charge in [-0.1, -0.05) is 41.9 Å². The summed E-state index contributed by atoms with van der Waals surface area (Å²) in [6.45, 7) is 2.19. The number of carbonyl (C=O) groups is 1. The highest BCUT2D eigenvalue weighted by molar-refractivity contribution is 6.30. The third-order valence-electron chi connectivity index (χ3n) is 5.47. The average molecular weight is 457 g/mol. The molecule has 5 rings (SSSR count). The molecule has 7 nitrogen and oxygen atoms in total. The number of carbonyl (C=O) groups excluding carboxylic acids is 1. The summed E-state index contributed by atoms with van der Waals surface area (Å²) in [5.74, 6) is -0.143. The van der Waals surface area contributed by atoms with Crippen molar-refractivity contribution in [1.29, 1.82) is 0 Å². The van der Waals surface area contributed by atoms with Crippen LogP contribution in [-0.4, -0.2) is 42.2 Å². The Labute approximate surface area is 195 Å². The topological polar surface area (TPSA) is 68.3 Å². The Morgan fingerprint density at radius 1 is 1.03 bits per heavy atom. The van der Waals surface area contributed by atoms with Crippen LogP contribution in [0, 0.1) is 6.92 Å². The van der Waals surface area contributed by atoms with Gasteiger partial charge in [0.25, 0.3) is 5.91 Å². The largest absolute Gasteiger partial charge is 0.337 e. The minimum Gasteiger partial charge on any atom is -0.337 e. The lowest BCUT2D eigenvalue weighted by atomic mass is 10.1. The molecule has 33 heavy (non-hydrogen) atoms. The van der Waals surface area contributed by atoms with E-state index in [0.717, 1.165) is 22.5 Å². The molecule has 0 unspecified atom stereocenters. The SMILES string of the molecule is Cc1nn2cccnc2c1C(=O)N(C)Cc1cn(-c2ccccc2)nc1-c1ccc(Cl)cc1. The first-order valence-corrected chi connectivity index (χ1v) is 10.8. The van der Waals surface area contributed by atoms with Crippen molar-refractivity contribution in [3.05, 3.63) is 101 Å². The minimum atomic E-state index is -0.143. The number of benzene rings is 2. The molecule has 0 aliphatic heterocycles. The summed E-state index contributed by atoms with van der Waals surface area (Å²) in [5, 5.41) is 9.91. The number of para-hydroxylation sites is 1. The highest BCUT2D eigenvalue weighted by Gasteiger charge is 2.23. The minimum absolute atomic E-state index is 0.143. The number of aryl methyl sites for hydroxylation is 1. The third kappa shape index (κ3) is 3.99. The number of fused-ring (bicyclic) bond motifs is 1. The molecule has 0 spiro atoms. The van der Waals surface area contributed by atoms with E-state index < -0.39 is 0 Å². The van der Waals surface area contributed by atoms with Crippen molar-refractivity contribution in [3.8, 4) is 16.9 Å². The predicted octanol–water partition coefficient (Wildman–Crippen LogP) is 4.82. The Morgan fingerprint density at radius 2 is 1.79 bits per heavy atom. The van der Waals surface area contributed by atoms with Gasteiger partial charge in [0.2, 0.25) is 0 Å². The molecule has 8 heteroatoms. The molecule has 164 valence electrons. The summed E-state index contributed by atoms with van der Waals surface area (Å²) in [4.78, 5) is 19.4. The van der Waals surface area contributed by atoms with Gasteiger partial charge in [-0.3, -0.25) is 4.79 Å². The summed E-state index contributed by atoms with van der Waals surface area (Å²) in [6, 6.07) is 19.2. The van der Waals surface area contributed by atoms with Crippen LogP contribution in [0.5, 0.6) is 0 Å². The number of nitrogens with zero attached hydrogens (tertiary/aromatic N) is 6. The number of hydrogen-bond donors (Lipinski definition) is 0. The first-order valence-electron chi connectivity index (χ1n) is 10.5. The van der Waals surface area contributed by atoms with E-state index >= 15 is 0 Å². The summed E-state index contributed by atoms with van der Waals surface area (Å²) in [7, 11) is 1.78. The molecule has 5 aromatic rings. The van der Waals surface area contributed by atoms with Crippen LogP contribution in [0.25, 0.3) is 22.6 Å². The van der Waals surface area contributed by atoms with Gasteiger partial charge in [-0.2, -0.15) is 10.2 Å². The van der Waals surface area contributed by atoms with E-state index in [1.54, 1.807) is 34.9 Å². The molecule has 0 saturated heterocycles. The zero-order chi connectivity index (χ0) is 22.9. The van der Waals surface area contributed by atoms with Crippen molar-refractivity contribution in [3.63, 3.8) is 0 Å². The van der Waals surface area contributed by atoms with Crippen molar-refractivity contribution >= 4 is 23.2 Å². The Hall–Kier alpha value is -3.97. The van der Waals surface area contributed by atoms with Crippen molar-refractivity contribution in [2.24, 2.45) is 0 Å². The van der Waals surface area contributed by atoms with E-state index in [9.17, 15) is 4.79 Å². The lowest BCUT2D eigenvalue weighted by Crippen LogP contribution is -2.27. The summed E-state index contributed by atoms with van der Waals surface area (Å²) < 4.78 is 3.46. The van der Waals surface area contributed by atoms with Crippen molar-refractivity contribution < 1.29 is 4.79 Å². The molecule has 0 aliphatic rings. The van der Waals surface area contributed by atoms with Gasteiger partial charge in [0, 0.05) is 48.3 Å². The van der Waals surface area contributed by atoms with Crippen LogP contribution in [0.4, 0.5) is 0 Å². The molecule has 2 aromatic carbocycles. The molecule has 0 fully saturated rings. The lowest BCUT2D eigenvalue weighted by Gasteiger charge is -2.17. The average Bonchev–Trinajstić information content (AvgIpc) is 3.40. The van der Waals surface area contributed by atoms with Crippen LogP contribution < -0.4 is 0 Å². The van der Waals surface area contributed by atoms with Gasteiger partial charge in [-0.25, -0.2) is 14.2 Å². The molecule has 0 aliphatic carbocycles. The van der Waals surface area contributed by atoms with E-state index in [-0.39, 0.29) is 5.91 Å². The number of hydrogen-bond acceptors (Lipinski definition) is 4. The molecule has 0 radical (unpaired) electrons. The van der Waals surface area contributed by atoms with E-state index in [1.807, 2.05) is 72.4 Å². The maximum absolute atomic E-state index is 13.4. The van der Waals surface area contributed by atoms with Crippen molar-refractivity contribution in [1.82, 2.24) is 29.3 Å². The number of amides is 1. The van der Waals surface area contributed by atoms with E-state index in [0.29, 0.717) is 28.5 Å². The molecular formula is C25H21ClN6O. The van der Waals surface area contributed by atoms with E-state index in [4.69, 9.17) is 16.7 Å². The monoisotopic (exact) mass is 456 g/mol. The quantitative estimate of drug-likeness (QED) is 0.380. The Balaban J connectivity index is 1.52. The molecule has 0 bridgehead atoms. The fourth-order valence-corrected chi connectivity index (χ4v) is 3.98. The molecule has 3 heterocycles. The zero-order valence-corrected chi connectivity index (χ0v) is 18.9. The number of rotatable bonds is 5. The van der Waals surface area contributed by atoms with Crippen LogP contribution in [0.3, 0.4) is 0 Å². The lowest BCUT2D eigenvalue weighted by molar-refractivity contribution is 0.0786. The number of aromatic nitrogens is 5. The predicted molar refractivity (Wildman–Crippen MR) is 128 cm³/mol. The molecule has 0 atom stereocenters. The highest BCUT2D eigenvalue weighted by Crippen LogP contribution is 2.27. The smallest absolute Gasteiger partial charge is 0.259 e. The van der Waals surface area contributed by atoms with Crippen LogP contribution in [0.2, 0.25) is 5.02 Å². The Kier molecular flexibility index (Phi) is 5.40. The normalized spacial score (nSPS) is 11.1. The standard InChI is InChI=1S/C25H21ClN6O/c1-17-22(24-27-13-6-14-31(24)28-17)25(33)30(2)15-19-16-32(21-7-4-3-5-8-21)29-23(19)18-9-11-20(26)12-10-18/h3-14,16H,15H2,1-2H3. The Morgan fingerprint density at radius 3 is 2.55 bits per heavy atom. The van der Waals surface area contributed by atoms with Crippen molar-refractivity contribution in [2.45, 2.75) is 13.5 Å². The van der Waals surface area contributed by atoms with Crippen LogP contribution >= 0.6 is 11.6 Å². The molecule has 0 saturated carbocycles. The fraction of sp³-hybridized carbons (Fsp3) is 0.120. The van der Waals surface area contributed by atoms with Gasteiger partial charge in [-0.15, -0.1) is 0 Å². The van der Waals surface area contributed by atoms with Crippen LogP contribution in [-0.2, 0) is 6.54 Å². The first-order chi connectivity index (χ1) is 16.0. The second kappa shape index (κ2) is 8.52. The summed E-state index contributed by atoms with van der Waals surface area (Å²) in [6.07, 6.45) is 5.41. The summed E-state index contributed by atoms with van der Waals surface area (Å²) >= 11 is 6.09. The van der Waals surface area contributed by atoms with Gasteiger partial charge >= 0.3 is 0 Å². The van der Waals surface area contributed by atoms with Gasteiger partial charge in [0.05, 0.1) is 17.1 Å². The first kappa shape index (κ1) is 20.9. The summed E-state index contributed by atoms with van der Waals surface area (Å²) in [5.41, 5.74) is 5.27. The van der Waals surface area contributed by atoms with E-state index in [2.05, 4.69) is 10.1 Å². The molecular weight excluding hydrogens is 436 g/mol. The van der Waals surface area contributed by atoms with Crippen LogP contribution in [0.15, 0.2) is 79.3 Å². The van der Waals surface area contributed by atoms with E-state index in [1.165, 1.54) is 0 Å². The Bertz CT molecular complexity index is 1440. The van der Waals surface area contributed by atoms with Crippen molar-refractivity contribution in [2.75, 3.05) is 7.05 Å². The molecule has 3 aromatic heterocycles. The second-order valence-corrected chi connectivity index (χ2v) is 8.24. The van der Waals surface area contributed by atoms with Crippen LogP contribution in [0.1, 0.15) is 21.6 Å². The maximum Gasteiger partial charge on any atom is 0.259 e. The van der Waals surface area contributed by atoms with Gasteiger partial charge < -0.3 is 4.90 Å². The number of halogens is 1. The fourth-order valence-electron chi connectivity index (χ4n) is 3.85. The van der Waals surface area contributed by atoms with Gasteiger partial charge in [-0.05, 0) is 37.3 Å².